The summed E-state index contributed by atoms with van der Waals surface area (Å²) in [6.07, 6.45) is 5.49. The number of hydrogen-bond acceptors (Lipinski definition) is 2. The average molecular weight is 254 g/mol. The number of nitrogens with one attached hydrogen (secondary N) is 1. The first kappa shape index (κ1) is 15.5. The molecule has 1 aliphatic rings. The first-order valence-corrected chi connectivity index (χ1v) is 7.63. The van der Waals surface area contributed by atoms with E-state index in [0.29, 0.717) is 18.0 Å². The van der Waals surface area contributed by atoms with Gasteiger partial charge in [-0.2, -0.15) is 0 Å². The molecule has 0 radical (unpaired) electrons. The molecule has 18 heavy (non-hydrogen) atoms. The first-order chi connectivity index (χ1) is 8.60. The Morgan fingerprint density at radius 2 is 2.11 bits per heavy atom. The number of amides is 1. The molecule has 0 aromatic carbocycles. The third-order valence-electron chi connectivity index (χ3n) is 4.17. The molecule has 0 saturated carbocycles. The zero-order valence-electron chi connectivity index (χ0n) is 12.5. The van der Waals surface area contributed by atoms with Crippen molar-refractivity contribution in [2.24, 2.45) is 5.92 Å². The van der Waals surface area contributed by atoms with Crippen molar-refractivity contribution in [2.75, 3.05) is 13.1 Å². The SMILES string of the molecule is CCCCN(C(=O)C1CCC(C)NC1)C(C)CC. The molecule has 106 valence electrons. The second-order valence-corrected chi connectivity index (χ2v) is 5.73. The highest BCUT2D eigenvalue weighted by Crippen LogP contribution is 2.19. The molecule has 0 aromatic rings. The predicted octanol–water partition coefficient (Wildman–Crippen LogP) is 2.80. The molecule has 0 aliphatic carbocycles. The molecule has 3 heteroatoms. The lowest BCUT2D eigenvalue weighted by Gasteiger charge is -2.35. The smallest absolute Gasteiger partial charge is 0.227 e. The van der Waals surface area contributed by atoms with E-state index in [1.807, 2.05) is 0 Å². The molecule has 1 rings (SSSR count). The second kappa shape index (κ2) is 7.78. The molecule has 0 spiro atoms. The van der Waals surface area contributed by atoms with E-state index in [1.54, 1.807) is 0 Å². The normalized spacial score (nSPS) is 25.8. The lowest BCUT2D eigenvalue weighted by molar-refractivity contribution is -0.138. The Bertz CT molecular complexity index is 247. The van der Waals surface area contributed by atoms with E-state index in [2.05, 4.69) is 37.9 Å². The van der Waals surface area contributed by atoms with Crippen molar-refractivity contribution >= 4 is 5.91 Å². The molecule has 1 N–H and O–H groups in total. The summed E-state index contributed by atoms with van der Waals surface area (Å²) in [7, 11) is 0. The zero-order chi connectivity index (χ0) is 13.5. The molecule has 1 heterocycles. The Kier molecular flexibility index (Phi) is 6.69. The van der Waals surface area contributed by atoms with Crippen LogP contribution in [0.15, 0.2) is 0 Å². The minimum atomic E-state index is 0.201. The van der Waals surface area contributed by atoms with Crippen LogP contribution < -0.4 is 5.32 Å². The van der Waals surface area contributed by atoms with Gasteiger partial charge in [-0.25, -0.2) is 0 Å². The van der Waals surface area contributed by atoms with E-state index in [4.69, 9.17) is 0 Å². The molecule has 3 unspecified atom stereocenters. The number of rotatable bonds is 6. The van der Waals surface area contributed by atoms with Crippen molar-refractivity contribution < 1.29 is 4.79 Å². The van der Waals surface area contributed by atoms with E-state index in [0.717, 1.165) is 45.2 Å². The molecule has 3 atom stereocenters. The second-order valence-electron chi connectivity index (χ2n) is 5.73. The summed E-state index contributed by atoms with van der Waals surface area (Å²) in [6, 6.07) is 0.949. The molecule has 1 fully saturated rings. The maximum Gasteiger partial charge on any atom is 0.227 e. The summed E-state index contributed by atoms with van der Waals surface area (Å²) >= 11 is 0. The van der Waals surface area contributed by atoms with Crippen LogP contribution in [0.3, 0.4) is 0 Å². The van der Waals surface area contributed by atoms with Crippen LogP contribution in [0.1, 0.15) is 59.8 Å². The van der Waals surface area contributed by atoms with Crippen LogP contribution in [0.5, 0.6) is 0 Å². The Hall–Kier alpha value is -0.570. The van der Waals surface area contributed by atoms with Gasteiger partial charge in [-0.1, -0.05) is 20.3 Å². The molecule has 1 amide bonds. The van der Waals surface area contributed by atoms with Gasteiger partial charge in [-0.05, 0) is 39.5 Å². The minimum Gasteiger partial charge on any atom is -0.340 e. The summed E-state index contributed by atoms with van der Waals surface area (Å²) in [6.45, 7) is 10.5. The van der Waals surface area contributed by atoms with Crippen molar-refractivity contribution in [3.63, 3.8) is 0 Å². The van der Waals surface area contributed by atoms with Crippen molar-refractivity contribution in [2.45, 2.75) is 71.9 Å². The number of carbonyl (C=O) groups excluding carboxylic acids is 1. The number of piperidine rings is 1. The monoisotopic (exact) mass is 254 g/mol. The first-order valence-electron chi connectivity index (χ1n) is 7.63. The van der Waals surface area contributed by atoms with Crippen LogP contribution in [0.2, 0.25) is 0 Å². The van der Waals surface area contributed by atoms with Gasteiger partial charge in [0.1, 0.15) is 0 Å². The number of hydrogen-bond donors (Lipinski definition) is 1. The van der Waals surface area contributed by atoms with Crippen LogP contribution in [0, 0.1) is 5.92 Å². The van der Waals surface area contributed by atoms with E-state index >= 15 is 0 Å². The maximum absolute atomic E-state index is 12.6. The van der Waals surface area contributed by atoms with Gasteiger partial charge in [0, 0.05) is 25.2 Å². The van der Waals surface area contributed by atoms with Gasteiger partial charge in [0.05, 0.1) is 5.92 Å². The summed E-state index contributed by atoms with van der Waals surface area (Å²) in [5.74, 6) is 0.573. The fraction of sp³-hybridized carbons (Fsp3) is 0.933. The fourth-order valence-corrected chi connectivity index (χ4v) is 2.54. The number of unbranched alkanes of at least 4 members (excludes halogenated alkanes) is 1. The largest absolute Gasteiger partial charge is 0.340 e. The van der Waals surface area contributed by atoms with Crippen molar-refractivity contribution in [1.29, 1.82) is 0 Å². The molecule has 0 bridgehead atoms. The zero-order valence-corrected chi connectivity index (χ0v) is 12.5. The predicted molar refractivity (Wildman–Crippen MR) is 76.6 cm³/mol. The lowest BCUT2D eigenvalue weighted by Crippen LogP contribution is -2.48. The molecule has 0 aromatic heterocycles. The summed E-state index contributed by atoms with van der Waals surface area (Å²) in [5.41, 5.74) is 0. The Labute approximate surface area is 112 Å². The third kappa shape index (κ3) is 4.27. The standard InChI is InChI=1S/C15H30N2O/c1-5-7-10-17(13(4)6-2)15(18)14-9-8-12(3)16-11-14/h12-14,16H,5-11H2,1-4H3. The van der Waals surface area contributed by atoms with Crippen LogP contribution in [0.4, 0.5) is 0 Å². The van der Waals surface area contributed by atoms with Gasteiger partial charge >= 0.3 is 0 Å². The number of nitrogens with zero attached hydrogens (tertiary/aromatic N) is 1. The van der Waals surface area contributed by atoms with E-state index in [-0.39, 0.29) is 5.92 Å². The van der Waals surface area contributed by atoms with Gasteiger partial charge < -0.3 is 10.2 Å². The highest BCUT2D eigenvalue weighted by molar-refractivity contribution is 5.79. The summed E-state index contributed by atoms with van der Waals surface area (Å²) in [5, 5.41) is 3.43. The molecule has 1 aliphatic heterocycles. The van der Waals surface area contributed by atoms with Crippen molar-refractivity contribution in [3.8, 4) is 0 Å². The third-order valence-corrected chi connectivity index (χ3v) is 4.17. The summed E-state index contributed by atoms with van der Waals surface area (Å²) < 4.78 is 0. The van der Waals surface area contributed by atoms with E-state index in [1.165, 1.54) is 0 Å². The highest BCUT2D eigenvalue weighted by atomic mass is 16.2. The number of carbonyl (C=O) groups is 1. The van der Waals surface area contributed by atoms with Crippen LogP contribution in [0.25, 0.3) is 0 Å². The van der Waals surface area contributed by atoms with E-state index in [9.17, 15) is 4.79 Å². The average Bonchev–Trinajstić information content (AvgIpc) is 2.39. The minimum absolute atomic E-state index is 0.201. The molecular weight excluding hydrogens is 224 g/mol. The Morgan fingerprint density at radius 3 is 2.61 bits per heavy atom. The molecule has 1 saturated heterocycles. The summed E-state index contributed by atoms with van der Waals surface area (Å²) in [4.78, 5) is 14.7. The van der Waals surface area contributed by atoms with E-state index < -0.39 is 0 Å². The highest BCUT2D eigenvalue weighted by Gasteiger charge is 2.29. The topological polar surface area (TPSA) is 32.3 Å². The Balaban J connectivity index is 2.57. The molecular formula is C15H30N2O. The van der Waals surface area contributed by atoms with Crippen molar-refractivity contribution in [1.82, 2.24) is 10.2 Å². The Morgan fingerprint density at radius 1 is 1.39 bits per heavy atom. The van der Waals surface area contributed by atoms with Crippen LogP contribution in [-0.4, -0.2) is 36.0 Å². The van der Waals surface area contributed by atoms with Gasteiger partial charge in [0.15, 0.2) is 0 Å². The maximum atomic E-state index is 12.6. The fourth-order valence-electron chi connectivity index (χ4n) is 2.54. The van der Waals surface area contributed by atoms with Crippen LogP contribution >= 0.6 is 0 Å². The van der Waals surface area contributed by atoms with Gasteiger partial charge in [-0.15, -0.1) is 0 Å². The molecule has 3 nitrogen and oxygen atoms in total. The quantitative estimate of drug-likeness (QED) is 0.790. The van der Waals surface area contributed by atoms with Gasteiger partial charge in [0.2, 0.25) is 5.91 Å². The van der Waals surface area contributed by atoms with Gasteiger partial charge in [0.25, 0.3) is 0 Å². The lowest BCUT2D eigenvalue weighted by atomic mass is 9.93. The van der Waals surface area contributed by atoms with Crippen molar-refractivity contribution in [3.05, 3.63) is 0 Å². The van der Waals surface area contributed by atoms with Crippen LogP contribution in [-0.2, 0) is 4.79 Å². The van der Waals surface area contributed by atoms with Gasteiger partial charge in [-0.3, -0.25) is 4.79 Å².